The highest BCUT2D eigenvalue weighted by Crippen LogP contribution is 2.33. The van der Waals surface area contributed by atoms with Gasteiger partial charge in [0.25, 0.3) is 11.6 Å². The minimum atomic E-state index is -0.452. The van der Waals surface area contributed by atoms with Crippen molar-refractivity contribution in [1.82, 2.24) is 14.8 Å². The molecule has 0 N–H and O–H groups in total. The molecule has 0 unspecified atom stereocenters. The molecule has 3 heterocycles. The Bertz CT molecular complexity index is 1260. The maximum atomic E-state index is 13.0. The molecule has 2 aromatic carbocycles. The third-order valence-electron chi connectivity index (χ3n) is 4.99. The normalized spacial score (nSPS) is 12.7. The van der Waals surface area contributed by atoms with Gasteiger partial charge in [-0.2, -0.15) is 5.10 Å². The van der Waals surface area contributed by atoms with Crippen molar-refractivity contribution in [1.29, 1.82) is 0 Å². The van der Waals surface area contributed by atoms with E-state index in [1.165, 1.54) is 23.5 Å². The first kappa shape index (κ1) is 18.2. The molecule has 4 aromatic rings. The number of amides is 1. The van der Waals surface area contributed by atoms with Gasteiger partial charge in [0.05, 0.1) is 22.5 Å². The van der Waals surface area contributed by atoms with E-state index in [4.69, 9.17) is 0 Å². The summed E-state index contributed by atoms with van der Waals surface area (Å²) >= 11 is 1.37. The zero-order valence-corrected chi connectivity index (χ0v) is 16.5. The average molecular weight is 417 g/mol. The second kappa shape index (κ2) is 7.20. The highest BCUT2D eigenvalue weighted by molar-refractivity contribution is 7.13. The number of carbonyl (C=O) groups excluding carboxylic acids is 1. The number of hydrogen-bond acceptors (Lipinski definition) is 6. The largest absolute Gasteiger partial charge is 0.306 e. The number of para-hydroxylation sites is 1. The van der Waals surface area contributed by atoms with Gasteiger partial charge in [0.1, 0.15) is 10.7 Å². The average Bonchev–Trinajstić information content (AvgIpc) is 3.52. The second-order valence-corrected chi connectivity index (χ2v) is 7.68. The number of non-ortho nitro benzene ring substituents is 1. The molecular formula is C21H15N5O3S. The van der Waals surface area contributed by atoms with Crippen molar-refractivity contribution in [3.05, 3.63) is 87.7 Å². The number of fused-ring (bicyclic) bond motifs is 1. The van der Waals surface area contributed by atoms with Crippen molar-refractivity contribution >= 4 is 28.6 Å². The zero-order valence-electron chi connectivity index (χ0n) is 15.6. The Morgan fingerprint density at radius 1 is 1.17 bits per heavy atom. The van der Waals surface area contributed by atoms with Crippen molar-refractivity contribution in [3.63, 3.8) is 0 Å². The Hall–Kier alpha value is -3.85. The lowest BCUT2D eigenvalue weighted by Gasteiger charge is -2.15. The number of aromatic nitrogens is 3. The Morgan fingerprint density at radius 3 is 2.80 bits per heavy atom. The van der Waals surface area contributed by atoms with Gasteiger partial charge in [-0.25, -0.2) is 9.67 Å². The van der Waals surface area contributed by atoms with E-state index in [2.05, 4.69) is 10.1 Å². The van der Waals surface area contributed by atoms with Crippen LogP contribution in [0, 0.1) is 10.1 Å². The Labute approximate surface area is 175 Å². The number of carbonyl (C=O) groups is 1. The lowest BCUT2D eigenvalue weighted by atomic mass is 10.1. The van der Waals surface area contributed by atoms with Crippen molar-refractivity contribution in [3.8, 4) is 16.3 Å². The van der Waals surface area contributed by atoms with Crippen molar-refractivity contribution < 1.29 is 9.72 Å². The van der Waals surface area contributed by atoms with Crippen LogP contribution in [-0.2, 0) is 6.42 Å². The van der Waals surface area contributed by atoms with E-state index in [0.29, 0.717) is 29.4 Å². The number of nitro groups is 1. The molecule has 1 amide bonds. The quantitative estimate of drug-likeness (QED) is 0.368. The van der Waals surface area contributed by atoms with Crippen LogP contribution in [0.5, 0.6) is 0 Å². The molecule has 0 aliphatic carbocycles. The molecule has 0 atom stereocenters. The minimum absolute atomic E-state index is 0.0271. The molecule has 5 rings (SSSR count). The standard InChI is InChI=1S/C21H15N5O3S/c27-21(24-9-8-14-6-7-17(26(28)29)10-19(14)24)18-13-30-20(23-18)15-11-22-25(12-15)16-4-2-1-3-5-16/h1-7,10-13H,8-9H2. The number of anilines is 1. The summed E-state index contributed by atoms with van der Waals surface area (Å²) in [4.78, 5) is 29.8. The van der Waals surface area contributed by atoms with Gasteiger partial charge in [-0.05, 0) is 24.1 Å². The van der Waals surface area contributed by atoms with Gasteiger partial charge in [-0.15, -0.1) is 11.3 Å². The van der Waals surface area contributed by atoms with Crippen LogP contribution in [-0.4, -0.2) is 32.1 Å². The number of benzene rings is 2. The van der Waals surface area contributed by atoms with Crippen LogP contribution in [0.2, 0.25) is 0 Å². The molecule has 0 spiro atoms. The van der Waals surface area contributed by atoms with E-state index in [9.17, 15) is 14.9 Å². The van der Waals surface area contributed by atoms with Crippen LogP contribution < -0.4 is 4.90 Å². The topological polar surface area (TPSA) is 94.2 Å². The summed E-state index contributed by atoms with van der Waals surface area (Å²) in [7, 11) is 0. The molecule has 1 aliphatic rings. The van der Waals surface area contributed by atoms with Crippen LogP contribution in [0.15, 0.2) is 66.3 Å². The van der Waals surface area contributed by atoms with Crippen molar-refractivity contribution in [2.75, 3.05) is 11.4 Å². The first-order valence-electron chi connectivity index (χ1n) is 9.25. The molecule has 2 aromatic heterocycles. The van der Waals surface area contributed by atoms with E-state index in [-0.39, 0.29) is 11.6 Å². The van der Waals surface area contributed by atoms with Crippen LogP contribution in [0.25, 0.3) is 16.3 Å². The first-order chi connectivity index (χ1) is 14.6. The van der Waals surface area contributed by atoms with E-state index >= 15 is 0 Å². The molecule has 0 bridgehead atoms. The van der Waals surface area contributed by atoms with Crippen LogP contribution in [0.1, 0.15) is 16.1 Å². The lowest BCUT2D eigenvalue weighted by molar-refractivity contribution is -0.384. The fourth-order valence-corrected chi connectivity index (χ4v) is 4.26. The summed E-state index contributed by atoms with van der Waals surface area (Å²) < 4.78 is 1.76. The van der Waals surface area contributed by atoms with Crippen LogP contribution in [0.3, 0.4) is 0 Å². The van der Waals surface area contributed by atoms with Gasteiger partial charge < -0.3 is 4.90 Å². The van der Waals surface area contributed by atoms with Crippen molar-refractivity contribution in [2.24, 2.45) is 0 Å². The highest BCUT2D eigenvalue weighted by Gasteiger charge is 2.29. The molecule has 1 aliphatic heterocycles. The molecule has 8 nitrogen and oxygen atoms in total. The van der Waals surface area contributed by atoms with E-state index in [0.717, 1.165) is 16.8 Å². The maximum absolute atomic E-state index is 13.0. The Kier molecular flexibility index (Phi) is 4.36. The molecule has 30 heavy (non-hydrogen) atoms. The third kappa shape index (κ3) is 3.15. The van der Waals surface area contributed by atoms with E-state index in [1.54, 1.807) is 27.2 Å². The number of nitrogens with zero attached hydrogens (tertiary/aromatic N) is 5. The molecule has 0 saturated carbocycles. The first-order valence-corrected chi connectivity index (χ1v) is 10.1. The summed E-state index contributed by atoms with van der Waals surface area (Å²) in [6.45, 7) is 0.480. The van der Waals surface area contributed by atoms with E-state index < -0.39 is 4.92 Å². The maximum Gasteiger partial charge on any atom is 0.277 e. The number of hydrogen-bond donors (Lipinski definition) is 0. The predicted molar refractivity (Wildman–Crippen MR) is 113 cm³/mol. The smallest absolute Gasteiger partial charge is 0.277 e. The number of thiazole rings is 1. The highest BCUT2D eigenvalue weighted by atomic mass is 32.1. The van der Waals surface area contributed by atoms with Gasteiger partial charge in [0.2, 0.25) is 0 Å². The predicted octanol–water partition coefficient (Wildman–Crippen LogP) is 4.11. The second-order valence-electron chi connectivity index (χ2n) is 6.82. The van der Waals surface area contributed by atoms with Gasteiger partial charge in [0, 0.05) is 35.8 Å². The molecule has 0 fully saturated rings. The van der Waals surface area contributed by atoms with E-state index in [1.807, 2.05) is 36.5 Å². The minimum Gasteiger partial charge on any atom is -0.306 e. The third-order valence-corrected chi connectivity index (χ3v) is 5.89. The summed E-state index contributed by atoms with van der Waals surface area (Å²) in [6.07, 6.45) is 4.26. The number of rotatable bonds is 4. The SMILES string of the molecule is O=C(c1csc(-c2cnn(-c3ccccc3)c2)n1)N1CCc2ccc([N+](=O)[O-])cc21. The van der Waals surface area contributed by atoms with Crippen LogP contribution >= 0.6 is 11.3 Å². The summed E-state index contributed by atoms with van der Waals surface area (Å²) in [5.41, 5.74) is 3.56. The fraction of sp³-hybridized carbons (Fsp3) is 0.0952. The fourth-order valence-electron chi connectivity index (χ4n) is 3.49. The number of nitro benzene ring substituents is 1. The molecule has 0 saturated heterocycles. The summed E-state index contributed by atoms with van der Waals surface area (Å²) in [6, 6.07) is 14.4. The van der Waals surface area contributed by atoms with Crippen LogP contribution in [0.4, 0.5) is 11.4 Å². The van der Waals surface area contributed by atoms with Gasteiger partial charge in [-0.3, -0.25) is 14.9 Å². The molecule has 148 valence electrons. The molecular weight excluding hydrogens is 402 g/mol. The lowest BCUT2D eigenvalue weighted by Crippen LogP contribution is -2.29. The monoisotopic (exact) mass is 417 g/mol. The molecule has 0 radical (unpaired) electrons. The van der Waals surface area contributed by atoms with Gasteiger partial charge >= 0.3 is 0 Å². The van der Waals surface area contributed by atoms with Gasteiger partial charge in [-0.1, -0.05) is 24.3 Å². The van der Waals surface area contributed by atoms with Crippen molar-refractivity contribution in [2.45, 2.75) is 6.42 Å². The summed E-state index contributed by atoms with van der Waals surface area (Å²) in [5.74, 6) is -0.257. The Morgan fingerprint density at radius 2 is 2.00 bits per heavy atom. The summed E-state index contributed by atoms with van der Waals surface area (Å²) in [5, 5.41) is 17.9. The molecule has 9 heteroatoms. The van der Waals surface area contributed by atoms with Gasteiger partial charge in [0.15, 0.2) is 0 Å². The zero-order chi connectivity index (χ0) is 20.7. The Balaban J connectivity index is 1.41.